The normalized spacial score (nSPS) is 11.3. The molecule has 0 bridgehead atoms. The molecular weight excluding hydrogens is 1230 g/mol. The number of fused-ring (bicyclic) bond motifs is 6. The van der Waals surface area contributed by atoms with Gasteiger partial charge in [-0.1, -0.05) is 303 Å². The molecule has 18 rings (SSSR count). The lowest BCUT2D eigenvalue weighted by Crippen LogP contribution is -1.96. The molecule has 0 spiro atoms. The van der Waals surface area contributed by atoms with E-state index in [0.717, 1.165) is 132 Å². The summed E-state index contributed by atoms with van der Waals surface area (Å²) in [6.45, 7) is 0. The highest BCUT2D eigenvalue weighted by Gasteiger charge is 2.21. The maximum atomic E-state index is 5.28. The van der Waals surface area contributed by atoms with Crippen molar-refractivity contribution in [3.05, 3.63) is 340 Å². The van der Waals surface area contributed by atoms with Crippen molar-refractivity contribution >= 4 is 63.3 Å². The van der Waals surface area contributed by atoms with E-state index >= 15 is 0 Å². The Morgan fingerprint density at radius 3 is 0.816 bits per heavy atom. The number of rotatable bonds is 12. The zero-order valence-corrected chi connectivity index (χ0v) is 54.4. The van der Waals surface area contributed by atoms with Crippen LogP contribution in [-0.2, 0) is 0 Å². The summed E-state index contributed by atoms with van der Waals surface area (Å²) in [6.07, 6.45) is 0. The van der Waals surface area contributed by atoms with Crippen LogP contribution < -0.4 is 0 Å². The number of benzene rings is 12. The Hall–Kier alpha value is -12.6. The monoisotopic (exact) mass is 1290 g/mol. The van der Waals surface area contributed by atoms with Crippen molar-refractivity contribution in [1.82, 2.24) is 39.9 Å². The van der Waals surface area contributed by atoms with E-state index in [0.29, 0.717) is 23.3 Å². The van der Waals surface area contributed by atoms with Gasteiger partial charge in [0.1, 0.15) is 9.66 Å². The fourth-order valence-corrected chi connectivity index (χ4v) is 14.7. The average molecular weight is 1290 g/mol. The molecule has 10 heteroatoms. The highest BCUT2D eigenvalue weighted by molar-refractivity contribution is 7.26. The summed E-state index contributed by atoms with van der Waals surface area (Å²) in [5.74, 6) is 2.80. The van der Waals surface area contributed by atoms with Crippen LogP contribution in [0.3, 0.4) is 0 Å². The fraction of sp³-hybridized carbons (Fsp3) is 0. The molecule has 6 heterocycles. The van der Waals surface area contributed by atoms with E-state index in [4.69, 9.17) is 39.9 Å². The van der Waals surface area contributed by atoms with Gasteiger partial charge in [-0.25, -0.2) is 39.9 Å². The minimum atomic E-state index is 0.680. The molecule has 0 amide bonds. The molecule has 12 aromatic carbocycles. The van der Waals surface area contributed by atoms with E-state index in [2.05, 4.69) is 255 Å². The summed E-state index contributed by atoms with van der Waals surface area (Å²) in [5.41, 5.74) is 20.1. The molecule has 8 nitrogen and oxygen atoms in total. The summed E-state index contributed by atoms with van der Waals surface area (Å²) in [4.78, 5) is 42.8. The molecule has 18 aromatic rings. The van der Waals surface area contributed by atoms with Crippen LogP contribution in [0.1, 0.15) is 0 Å². The number of nitrogens with zero attached hydrogens (tertiary/aromatic N) is 8. The number of aromatic nitrogens is 8. The summed E-state index contributed by atoms with van der Waals surface area (Å²) in [6, 6.07) is 117. The number of thiophene rings is 2. The average Bonchev–Trinajstić information content (AvgIpc) is 1.57. The Kier molecular flexibility index (Phi) is 15.9. The third-order valence-corrected chi connectivity index (χ3v) is 19.6. The third kappa shape index (κ3) is 12.0. The Balaban J connectivity index is 0.000000147. The Labute approximate surface area is 574 Å². The van der Waals surface area contributed by atoms with Crippen molar-refractivity contribution in [3.63, 3.8) is 0 Å². The maximum Gasteiger partial charge on any atom is 0.161 e. The van der Waals surface area contributed by atoms with Crippen LogP contribution in [0.5, 0.6) is 0 Å². The van der Waals surface area contributed by atoms with Gasteiger partial charge < -0.3 is 0 Å². The summed E-state index contributed by atoms with van der Waals surface area (Å²) in [7, 11) is 0. The number of hydrogen-bond donors (Lipinski definition) is 0. The van der Waals surface area contributed by atoms with Crippen LogP contribution in [0.15, 0.2) is 340 Å². The van der Waals surface area contributed by atoms with Crippen LogP contribution in [0.4, 0.5) is 0 Å². The Bertz CT molecular complexity index is 5410. The highest BCUT2D eigenvalue weighted by atomic mass is 32.1. The molecule has 6 aromatic heterocycles. The van der Waals surface area contributed by atoms with Crippen LogP contribution in [0.2, 0.25) is 0 Å². The topological polar surface area (TPSA) is 103 Å². The minimum absolute atomic E-state index is 0.680. The zero-order chi connectivity index (χ0) is 65.1. The van der Waals surface area contributed by atoms with Gasteiger partial charge >= 0.3 is 0 Å². The first-order chi connectivity index (χ1) is 48.5. The smallest absolute Gasteiger partial charge is 0.161 e. The molecule has 0 saturated carbocycles. The molecule has 460 valence electrons. The molecule has 0 aliphatic carbocycles. The molecule has 98 heavy (non-hydrogen) atoms. The highest BCUT2D eigenvalue weighted by Crippen LogP contribution is 2.43. The van der Waals surface area contributed by atoms with Crippen LogP contribution in [0, 0.1) is 0 Å². The summed E-state index contributed by atoms with van der Waals surface area (Å²) in [5, 5.41) is 4.49. The SMILES string of the molecule is c1ccc(-c2cccc(-c3nc(-c4ccc(-c5cc(-c6ccccc6)nc(-c6ccccc6)n5)cc4)c4c(n3)sc3ccccc34)c2)cc1.c1ccc(-c2cccc(-c3nc(-c4ccc(-c5nc(-c6ccccc6)cc(-c6ccccc6)n5)cc4)c4c(n3)sc3ccccc34)c2)cc1. The number of hydrogen-bond acceptors (Lipinski definition) is 10. The van der Waals surface area contributed by atoms with Gasteiger partial charge in [0.2, 0.25) is 0 Å². The second kappa shape index (κ2) is 26.3. The molecule has 0 saturated heterocycles. The van der Waals surface area contributed by atoms with E-state index in [1.807, 2.05) is 84.9 Å². The quantitative estimate of drug-likeness (QED) is 0.119. The lowest BCUT2D eigenvalue weighted by molar-refractivity contribution is 1.18. The summed E-state index contributed by atoms with van der Waals surface area (Å²) < 4.78 is 2.39. The van der Waals surface area contributed by atoms with E-state index in [1.54, 1.807) is 22.7 Å². The van der Waals surface area contributed by atoms with Gasteiger partial charge in [0, 0.05) is 86.6 Å². The molecule has 0 unspecified atom stereocenters. The van der Waals surface area contributed by atoms with Crippen molar-refractivity contribution in [1.29, 1.82) is 0 Å². The van der Waals surface area contributed by atoms with Gasteiger partial charge in [0.25, 0.3) is 0 Å². The van der Waals surface area contributed by atoms with Crippen molar-refractivity contribution in [2.45, 2.75) is 0 Å². The van der Waals surface area contributed by atoms with E-state index in [1.165, 1.54) is 20.3 Å². The molecule has 0 radical (unpaired) electrons. The van der Waals surface area contributed by atoms with E-state index in [-0.39, 0.29) is 0 Å². The van der Waals surface area contributed by atoms with Crippen molar-refractivity contribution in [3.8, 4) is 135 Å². The predicted octanol–water partition coefficient (Wildman–Crippen LogP) is 23.3. The van der Waals surface area contributed by atoms with Gasteiger partial charge in [-0.05, 0) is 58.7 Å². The van der Waals surface area contributed by atoms with Crippen LogP contribution in [0.25, 0.3) is 176 Å². The van der Waals surface area contributed by atoms with Crippen LogP contribution in [-0.4, -0.2) is 39.9 Å². The fourth-order valence-electron chi connectivity index (χ4n) is 12.6. The molecule has 0 aliphatic rings. The van der Waals surface area contributed by atoms with Crippen molar-refractivity contribution in [2.24, 2.45) is 0 Å². The van der Waals surface area contributed by atoms with Gasteiger partial charge in [-0.3, -0.25) is 0 Å². The largest absolute Gasteiger partial charge is 0.228 e. The third-order valence-electron chi connectivity index (χ3n) is 17.5. The first kappa shape index (κ1) is 59.2. The van der Waals surface area contributed by atoms with Crippen LogP contribution >= 0.6 is 22.7 Å². The molecule has 0 atom stereocenters. The lowest BCUT2D eigenvalue weighted by Gasteiger charge is -2.11. The zero-order valence-electron chi connectivity index (χ0n) is 52.7. The van der Waals surface area contributed by atoms with Gasteiger partial charge in [0.15, 0.2) is 23.3 Å². The molecule has 0 N–H and O–H groups in total. The second-order valence-corrected chi connectivity index (χ2v) is 25.8. The standard InChI is InChI=1S/2C44H28N4S/c1-4-13-29(14-5-1)34-19-12-20-35(27-34)43-47-41(40-36-21-10-11-22-39(36)49-44(40)48-43)32-25-23-31(24-26-32)38-28-37(30-15-6-2-7-16-30)45-42(46-38)33-17-8-3-9-18-33;1-4-13-29(14-5-1)34-19-12-20-35(27-34)43-47-41(40-36-21-10-11-22-39(36)49-44(40)48-43)32-23-25-33(26-24-32)42-45-37(30-15-6-2-7-16-30)28-38(46-42)31-17-8-3-9-18-31/h2*1-28H. The first-order valence-electron chi connectivity index (χ1n) is 32.5. The second-order valence-electron chi connectivity index (χ2n) is 23.8. The maximum absolute atomic E-state index is 5.28. The Morgan fingerprint density at radius 2 is 0.439 bits per heavy atom. The molecule has 0 fully saturated rings. The van der Waals surface area contributed by atoms with Crippen molar-refractivity contribution in [2.75, 3.05) is 0 Å². The van der Waals surface area contributed by atoms with E-state index in [9.17, 15) is 0 Å². The first-order valence-corrected chi connectivity index (χ1v) is 34.1. The minimum Gasteiger partial charge on any atom is -0.228 e. The Morgan fingerprint density at radius 1 is 0.173 bits per heavy atom. The molecular formula is C88H56N8S2. The lowest BCUT2D eigenvalue weighted by atomic mass is 10.0. The predicted molar refractivity (Wildman–Crippen MR) is 406 cm³/mol. The van der Waals surface area contributed by atoms with Gasteiger partial charge in [0.05, 0.1) is 34.2 Å². The molecule has 0 aliphatic heterocycles. The van der Waals surface area contributed by atoms with E-state index < -0.39 is 0 Å². The van der Waals surface area contributed by atoms with Crippen molar-refractivity contribution < 1.29 is 0 Å². The summed E-state index contributed by atoms with van der Waals surface area (Å²) >= 11 is 3.42. The van der Waals surface area contributed by atoms with Gasteiger partial charge in [-0.15, -0.1) is 22.7 Å². The van der Waals surface area contributed by atoms with Gasteiger partial charge in [-0.2, -0.15) is 0 Å².